The van der Waals surface area contributed by atoms with Gasteiger partial charge >= 0.3 is 0 Å². The number of amides is 1. The molecule has 0 aliphatic carbocycles. The maximum Gasteiger partial charge on any atom is 0.255 e. The number of carbonyl (C=O) groups is 1. The lowest BCUT2D eigenvalue weighted by molar-refractivity contribution is -0.0606. The molecule has 0 saturated carbocycles. The SMILES string of the molecule is O=C(c1cccnc1)N1CCCCN2[C@H](CO)[C@H](c3ccc(C#Cc4cccnc4)cc3)[C@H]2C1. The van der Waals surface area contributed by atoms with Crippen LogP contribution in [0.1, 0.15) is 45.8 Å². The molecule has 0 bridgehead atoms. The zero-order valence-electron chi connectivity index (χ0n) is 19.0. The molecule has 2 fully saturated rings. The lowest BCUT2D eigenvalue weighted by Gasteiger charge is -2.57. The Bertz CT molecular complexity index is 1170. The minimum Gasteiger partial charge on any atom is -0.395 e. The molecule has 6 nitrogen and oxygen atoms in total. The highest BCUT2D eigenvalue weighted by atomic mass is 16.3. The fourth-order valence-corrected chi connectivity index (χ4v) is 5.17. The second kappa shape index (κ2) is 10.2. The summed E-state index contributed by atoms with van der Waals surface area (Å²) in [6, 6.07) is 16.0. The first-order valence-electron chi connectivity index (χ1n) is 11.8. The van der Waals surface area contributed by atoms with E-state index in [-0.39, 0.29) is 30.5 Å². The largest absolute Gasteiger partial charge is 0.395 e. The molecule has 0 radical (unpaired) electrons. The van der Waals surface area contributed by atoms with Gasteiger partial charge in [-0.2, -0.15) is 0 Å². The van der Waals surface area contributed by atoms with Crippen molar-refractivity contribution in [1.82, 2.24) is 19.8 Å². The van der Waals surface area contributed by atoms with E-state index >= 15 is 0 Å². The topological polar surface area (TPSA) is 69.6 Å². The molecule has 2 aliphatic heterocycles. The van der Waals surface area contributed by atoms with E-state index in [9.17, 15) is 9.90 Å². The van der Waals surface area contributed by atoms with Crippen LogP contribution in [0.4, 0.5) is 0 Å². The molecule has 2 aliphatic rings. The third-order valence-corrected chi connectivity index (χ3v) is 6.87. The van der Waals surface area contributed by atoms with Gasteiger partial charge in [0.05, 0.1) is 12.2 Å². The Morgan fingerprint density at radius 1 is 0.941 bits per heavy atom. The molecule has 3 atom stereocenters. The van der Waals surface area contributed by atoms with Gasteiger partial charge in [-0.1, -0.05) is 24.0 Å². The van der Waals surface area contributed by atoms with Gasteiger partial charge in [0.2, 0.25) is 0 Å². The minimum absolute atomic E-state index is 0.0298. The summed E-state index contributed by atoms with van der Waals surface area (Å²) >= 11 is 0. The summed E-state index contributed by atoms with van der Waals surface area (Å²) in [5, 5.41) is 10.2. The average Bonchev–Trinajstić information content (AvgIpc) is 2.88. The third kappa shape index (κ3) is 4.58. The molecule has 34 heavy (non-hydrogen) atoms. The van der Waals surface area contributed by atoms with E-state index in [2.05, 4.69) is 38.8 Å². The van der Waals surface area contributed by atoms with Crippen molar-refractivity contribution < 1.29 is 9.90 Å². The van der Waals surface area contributed by atoms with Gasteiger partial charge in [-0.3, -0.25) is 19.7 Å². The third-order valence-electron chi connectivity index (χ3n) is 6.87. The number of carbonyl (C=O) groups excluding carboxylic acids is 1. The summed E-state index contributed by atoms with van der Waals surface area (Å²) in [7, 11) is 0. The zero-order chi connectivity index (χ0) is 23.3. The summed E-state index contributed by atoms with van der Waals surface area (Å²) in [6.45, 7) is 2.46. The molecule has 6 heteroatoms. The summed E-state index contributed by atoms with van der Waals surface area (Å²) in [5.74, 6) is 6.54. The molecule has 3 aromatic rings. The number of hydrogen-bond donors (Lipinski definition) is 1. The van der Waals surface area contributed by atoms with Gasteiger partial charge in [-0.05, 0) is 61.3 Å². The number of benzene rings is 1. The van der Waals surface area contributed by atoms with Crippen LogP contribution >= 0.6 is 0 Å². The molecule has 172 valence electrons. The monoisotopic (exact) mass is 452 g/mol. The van der Waals surface area contributed by atoms with Gasteiger partial charge in [0, 0.05) is 67.0 Å². The molecule has 1 N–H and O–H groups in total. The summed E-state index contributed by atoms with van der Waals surface area (Å²) in [5.41, 5.74) is 3.63. The Hall–Kier alpha value is -3.53. The molecule has 0 spiro atoms. The number of hydrogen-bond acceptors (Lipinski definition) is 5. The van der Waals surface area contributed by atoms with Crippen molar-refractivity contribution in [3.05, 3.63) is 95.6 Å². The molecule has 5 rings (SSSR count). The van der Waals surface area contributed by atoms with Crippen molar-refractivity contribution in [3.8, 4) is 11.8 Å². The predicted molar refractivity (Wildman–Crippen MR) is 130 cm³/mol. The summed E-state index contributed by atoms with van der Waals surface area (Å²) in [4.78, 5) is 25.7. The standard InChI is InChI=1S/C28H28N4O2/c33-20-26-27(23-11-9-21(10-12-23)7-8-22-5-3-13-29-17-22)25-19-31(15-1-2-16-32(25)26)28(34)24-6-4-14-30-18-24/h3-6,9-14,17-18,25-27,33H,1-2,15-16,19-20H2/t25-,26-,27-/m1/s1. The average molecular weight is 453 g/mol. The number of fused-ring (bicyclic) bond motifs is 1. The van der Waals surface area contributed by atoms with E-state index < -0.39 is 0 Å². The second-order valence-electron chi connectivity index (χ2n) is 8.89. The smallest absolute Gasteiger partial charge is 0.255 e. The second-order valence-corrected chi connectivity index (χ2v) is 8.89. The number of rotatable bonds is 3. The van der Waals surface area contributed by atoms with Crippen LogP contribution in [0.15, 0.2) is 73.3 Å². The highest BCUT2D eigenvalue weighted by Gasteiger charge is 2.49. The Morgan fingerprint density at radius 3 is 2.38 bits per heavy atom. The predicted octanol–water partition coefficient (Wildman–Crippen LogP) is 2.94. The number of nitrogens with zero attached hydrogens (tertiary/aromatic N) is 4. The molecule has 4 heterocycles. The van der Waals surface area contributed by atoms with Gasteiger partial charge < -0.3 is 10.0 Å². The van der Waals surface area contributed by atoms with E-state index in [4.69, 9.17) is 0 Å². The number of aromatic nitrogens is 2. The zero-order valence-corrected chi connectivity index (χ0v) is 19.0. The van der Waals surface area contributed by atoms with Crippen molar-refractivity contribution in [1.29, 1.82) is 0 Å². The molecule has 2 saturated heterocycles. The van der Waals surface area contributed by atoms with E-state index in [1.54, 1.807) is 30.9 Å². The molecule has 1 aromatic carbocycles. The van der Waals surface area contributed by atoms with Gasteiger partial charge in [-0.15, -0.1) is 0 Å². The maximum atomic E-state index is 13.2. The van der Waals surface area contributed by atoms with Gasteiger partial charge in [0.25, 0.3) is 5.91 Å². The van der Waals surface area contributed by atoms with Gasteiger partial charge in [-0.25, -0.2) is 0 Å². The normalized spacial score (nSPS) is 22.4. The molecule has 1 amide bonds. The van der Waals surface area contributed by atoms with Crippen LogP contribution < -0.4 is 0 Å². The highest BCUT2D eigenvalue weighted by Crippen LogP contribution is 2.42. The molecule has 0 unspecified atom stereocenters. The molecular weight excluding hydrogens is 424 g/mol. The first kappa shape index (κ1) is 22.3. The first-order chi connectivity index (χ1) is 16.7. The lowest BCUT2D eigenvalue weighted by Crippen LogP contribution is -2.67. The van der Waals surface area contributed by atoms with E-state index in [0.29, 0.717) is 12.1 Å². The molecule has 2 aromatic heterocycles. The van der Waals surface area contributed by atoms with Crippen LogP contribution in [0, 0.1) is 11.8 Å². The van der Waals surface area contributed by atoms with Gasteiger partial charge in [0.1, 0.15) is 0 Å². The van der Waals surface area contributed by atoms with Crippen LogP contribution in [0.5, 0.6) is 0 Å². The van der Waals surface area contributed by atoms with Crippen LogP contribution in [-0.2, 0) is 0 Å². The lowest BCUT2D eigenvalue weighted by atomic mass is 9.74. The Labute approximate surface area is 200 Å². The van der Waals surface area contributed by atoms with Crippen molar-refractivity contribution >= 4 is 5.91 Å². The number of aliphatic hydroxyl groups excluding tert-OH is 1. The van der Waals surface area contributed by atoms with Crippen molar-refractivity contribution in [3.63, 3.8) is 0 Å². The van der Waals surface area contributed by atoms with Gasteiger partial charge in [0.15, 0.2) is 0 Å². The van der Waals surface area contributed by atoms with Crippen molar-refractivity contribution in [2.45, 2.75) is 30.8 Å². The van der Waals surface area contributed by atoms with E-state index in [1.807, 2.05) is 35.2 Å². The van der Waals surface area contributed by atoms with Crippen LogP contribution in [0.25, 0.3) is 0 Å². The number of aliphatic hydroxyl groups is 1. The fraction of sp³-hybridized carbons (Fsp3) is 0.321. The van der Waals surface area contributed by atoms with Crippen LogP contribution in [0.2, 0.25) is 0 Å². The molecular formula is C28H28N4O2. The Balaban J connectivity index is 1.35. The van der Waals surface area contributed by atoms with Crippen LogP contribution in [-0.4, -0.2) is 69.1 Å². The van der Waals surface area contributed by atoms with E-state index in [1.165, 1.54) is 5.56 Å². The number of pyridine rings is 2. The first-order valence-corrected chi connectivity index (χ1v) is 11.8. The minimum atomic E-state index is 0.0298. The quantitative estimate of drug-likeness (QED) is 0.619. The van der Waals surface area contributed by atoms with Crippen LogP contribution in [0.3, 0.4) is 0 Å². The Morgan fingerprint density at radius 2 is 1.68 bits per heavy atom. The Kier molecular flexibility index (Phi) is 6.66. The highest BCUT2D eigenvalue weighted by molar-refractivity contribution is 5.93. The van der Waals surface area contributed by atoms with Crippen molar-refractivity contribution in [2.75, 3.05) is 26.2 Å². The summed E-state index contributed by atoms with van der Waals surface area (Å²) < 4.78 is 0. The maximum absolute atomic E-state index is 13.2. The fourth-order valence-electron chi connectivity index (χ4n) is 5.17. The summed E-state index contributed by atoms with van der Waals surface area (Å²) in [6.07, 6.45) is 8.79. The van der Waals surface area contributed by atoms with E-state index in [0.717, 1.165) is 37.1 Å². The van der Waals surface area contributed by atoms with Crippen molar-refractivity contribution in [2.24, 2.45) is 0 Å².